The van der Waals surface area contributed by atoms with E-state index in [0.29, 0.717) is 6.42 Å². The van der Waals surface area contributed by atoms with Gasteiger partial charge >= 0.3 is 5.97 Å². The molecule has 0 bridgehead atoms. The van der Waals surface area contributed by atoms with Crippen molar-refractivity contribution in [3.63, 3.8) is 0 Å². The van der Waals surface area contributed by atoms with Gasteiger partial charge in [0.05, 0.1) is 0 Å². The highest BCUT2D eigenvalue weighted by Gasteiger charge is 2.09. The summed E-state index contributed by atoms with van der Waals surface area (Å²) >= 11 is 0. The predicted octanol–water partition coefficient (Wildman–Crippen LogP) is 0.614. The Hall–Kier alpha value is -1.49. The van der Waals surface area contributed by atoms with E-state index in [1.165, 1.54) is 0 Å². The van der Waals surface area contributed by atoms with E-state index in [1.54, 1.807) is 0 Å². The van der Waals surface area contributed by atoms with Gasteiger partial charge in [-0.3, -0.25) is 9.47 Å². The van der Waals surface area contributed by atoms with Gasteiger partial charge in [-0.05, 0) is 31.4 Å². The number of hydrogen-bond donors (Lipinski definition) is 3. The van der Waals surface area contributed by atoms with Gasteiger partial charge in [0.15, 0.2) is 0 Å². The van der Waals surface area contributed by atoms with Crippen molar-refractivity contribution in [1.82, 2.24) is 4.68 Å². The lowest BCUT2D eigenvalue weighted by Crippen LogP contribution is -2.30. The van der Waals surface area contributed by atoms with Crippen LogP contribution in [0.5, 0.6) is 0 Å². The van der Waals surface area contributed by atoms with E-state index in [0.717, 1.165) is 19.4 Å². The molecule has 0 aliphatic rings. The maximum atomic E-state index is 10.4. The molecular weight excluding hydrogens is 194 g/mol. The van der Waals surface area contributed by atoms with Gasteiger partial charge in [0.25, 0.3) is 0 Å². The second-order valence-corrected chi connectivity index (χ2v) is 3.44. The molecule has 5 nitrogen and oxygen atoms in total. The molecule has 5 heteroatoms. The zero-order valence-corrected chi connectivity index (χ0v) is 8.60. The van der Waals surface area contributed by atoms with Gasteiger partial charge in [0, 0.05) is 18.9 Å². The van der Waals surface area contributed by atoms with Crippen LogP contribution in [0.25, 0.3) is 0 Å². The van der Waals surface area contributed by atoms with E-state index in [1.807, 2.05) is 29.2 Å². The summed E-state index contributed by atoms with van der Waals surface area (Å²) in [6.45, 7) is 0.820. The number of nitrogens with one attached hydrogen (secondary N) is 1. The molecule has 0 unspecified atom stereocenters. The molecule has 1 rings (SSSR count). The molecule has 0 amide bonds. The van der Waals surface area contributed by atoms with Gasteiger partial charge in [0.1, 0.15) is 6.04 Å². The van der Waals surface area contributed by atoms with Crippen molar-refractivity contribution >= 4 is 5.97 Å². The predicted molar refractivity (Wildman–Crippen MR) is 58.1 cm³/mol. The highest BCUT2D eigenvalue weighted by atomic mass is 16.4. The number of nitrogens with two attached hydrogens (primary N) is 1. The maximum Gasteiger partial charge on any atom is 0.320 e. The Morgan fingerprint density at radius 2 is 2.07 bits per heavy atom. The number of rotatable bonds is 7. The van der Waals surface area contributed by atoms with Crippen LogP contribution in [0.3, 0.4) is 0 Å². The Bertz CT molecular complexity index is 285. The molecule has 0 saturated carbocycles. The summed E-state index contributed by atoms with van der Waals surface area (Å²) in [7, 11) is 0. The largest absolute Gasteiger partial charge is 0.480 e. The summed E-state index contributed by atoms with van der Waals surface area (Å²) in [4.78, 5) is 10.4. The highest BCUT2D eigenvalue weighted by molar-refractivity contribution is 5.72. The van der Waals surface area contributed by atoms with Gasteiger partial charge in [-0.15, -0.1) is 0 Å². The van der Waals surface area contributed by atoms with Gasteiger partial charge < -0.3 is 16.3 Å². The third kappa shape index (κ3) is 4.51. The average Bonchev–Trinajstić information content (AvgIpc) is 2.69. The Balaban J connectivity index is 2.00. The minimum Gasteiger partial charge on any atom is -0.480 e. The molecule has 15 heavy (non-hydrogen) atoms. The molecule has 0 aliphatic carbocycles. The van der Waals surface area contributed by atoms with E-state index >= 15 is 0 Å². The highest BCUT2D eigenvalue weighted by Crippen LogP contribution is 1.98. The normalized spacial score (nSPS) is 12.3. The van der Waals surface area contributed by atoms with Crippen LogP contribution < -0.4 is 11.2 Å². The second kappa shape index (κ2) is 6.08. The molecule has 0 radical (unpaired) electrons. The molecule has 4 N–H and O–H groups in total. The standard InChI is InChI=1S/C10H17N3O2/c11-9(10(14)15)5-1-2-6-12-13-7-3-4-8-13/h3-4,7-9,12H,1-2,5-6,11H2,(H,14,15)/t9-/m0/s1. The topological polar surface area (TPSA) is 80.3 Å². The van der Waals surface area contributed by atoms with Crippen molar-refractivity contribution in [2.75, 3.05) is 12.0 Å². The number of carboxylic acids is 1. The molecule has 0 spiro atoms. The smallest absolute Gasteiger partial charge is 0.320 e. The quantitative estimate of drug-likeness (QED) is 0.577. The van der Waals surface area contributed by atoms with Crippen molar-refractivity contribution in [2.24, 2.45) is 5.73 Å². The fourth-order valence-electron chi connectivity index (χ4n) is 1.26. The summed E-state index contributed by atoms with van der Waals surface area (Å²) < 4.78 is 1.87. The summed E-state index contributed by atoms with van der Waals surface area (Å²) in [5.74, 6) is -0.923. The molecular formula is C10H17N3O2. The van der Waals surface area contributed by atoms with Gasteiger partial charge in [0.2, 0.25) is 0 Å². The average molecular weight is 211 g/mol. The first-order valence-corrected chi connectivity index (χ1v) is 5.05. The summed E-state index contributed by atoms with van der Waals surface area (Å²) in [5.41, 5.74) is 8.52. The molecule has 1 aromatic rings. The van der Waals surface area contributed by atoms with E-state index in [-0.39, 0.29) is 0 Å². The molecule has 0 saturated heterocycles. The monoisotopic (exact) mass is 211 g/mol. The van der Waals surface area contributed by atoms with Crippen LogP contribution in [0, 0.1) is 0 Å². The van der Waals surface area contributed by atoms with E-state index in [9.17, 15) is 4.79 Å². The Labute approximate surface area is 88.9 Å². The Morgan fingerprint density at radius 1 is 1.40 bits per heavy atom. The van der Waals surface area contributed by atoms with Crippen LogP contribution in [0.2, 0.25) is 0 Å². The molecule has 1 aromatic heterocycles. The molecule has 0 fully saturated rings. The van der Waals surface area contributed by atoms with Gasteiger partial charge in [-0.1, -0.05) is 0 Å². The van der Waals surface area contributed by atoms with Crippen molar-refractivity contribution in [3.8, 4) is 0 Å². The summed E-state index contributed by atoms with van der Waals surface area (Å²) in [6, 6.07) is 3.15. The zero-order chi connectivity index (χ0) is 11.1. The molecule has 1 heterocycles. The van der Waals surface area contributed by atoms with Gasteiger partial charge in [-0.25, -0.2) is 0 Å². The lowest BCUT2D eigenvalue weighted by molar-refractivity contribution is -0.138. The van der Waals surface area contributed by atoms with Gasteiger partial charge in [-0.2, -0.15) is 0 Å². The van der Waals surface area contributed by atoms with Crippen LogP contribution in [0.4, 0.5) is 0 Å². The van der Waals surface area contributed by atoms with Crippen LogP contribution in [-0.2, 0) is 4.79 Å². The fraction of sp³-hybridized carbons (Fsp3) is 0.500. The van der Waals surface area contributed by atoms with Crippen LogP contribution >= 0.6 is 0 Å². The number of aromatic nitrogens is 1. The van der Waals surface area contributed by atoms with E-state index in [2.05, 4.69) is 5.43 Å². The minimum atomic E-state index is -0.923. The molecule has 1 atom stereocenters. The van der Waals surface area contributed by atoms with Crippen molar-refractivity contribution < 1.29 is 9.90 Å². The molecule has 0 aliphatic heterocycles. The van der Waals surface area contributed by atoms with Crippen LogP contribution in [0.1, 0.15) is 19.3 Å². The third-order valence-corrected chi connectivity index (χ3v) is 2.16. The van der Waals surface area contributed by atoms with Crippen molar-refractivity contribution in [2.45, 2.75) is 25.3 Å². The Kier molecular flexibility index (Phi) is 4.70. The van der Waals surface area contributed by atoms with Crippen molar-refractivity contribution in [1.29, 1.82) is 0 Å². The summed E-state index contributed by atoms with van der Waals surface area (Å²) in [5, 5.41) is 8.54. The third-order valence-electron chi connectivity index (χ3n) is 2.16. The maximum absolute atomic E-state index is 10.4. The lowest BCUT2D eigenvalue weighted by Gasteiger charge is -2.08. The first-order chi connectivity index (χ1) is 7.20. The number of unbranched alkanes of at least 4 members (excludes halogenated alkanes) is 1. The van der Waals surface area contributed by atoms with E-state index < -0.39 is 12.0 Å². The SMILES string of the molecule is N[C@@H](CCCCNn1cccc1)C(=O)O. The number of aliphatic carboxylic acids is 1. The molecule has 84 valence electrons. The Morgan fingerprint density at radius 3 is 2.67 bits per heavy atom. The summed E-state index contributed by atoms with van der Waals surface area (Å²) in [6.07, 6.45) is 6.11. The first-order valence-electron chi connectivity index (χ1n) is 5.05. The number of carboxylic acid groups (broad SMARTS) is 1. The zero-order valence-electron chi connectivity index (χ0n) is 8.60. The number of carbonyl (C=O) groups is 1. The fourth-order valence-corrected chi connectivity index (χ4v) is 1.26. The lowest BCUT2D eigenvalue weighted by atomic mass is 10.1. The number of hydrogen-bond acceptors (Lipinski definition) is 3. The first kappa shape index (κ1) is 11.6. The minimum absolute atomic E-state index is 0.530. The van der Waals surface area contributed by atoms with Crippen molar-refractivity contribution in [3.05, 3.63) is 24.5 Å². The van der Waals surface area contributed by atoms with E-state index in [4.69, 9.17) is 10.8 Å². The second-order valence-electron chi connectivity index (χ2n) is 3.44. The number of nitrogens with zero attached hydrogens (tertiary/aromatic N) is 1. The van der Waals surface area contributed by atoms with Crippen LogP contribution in [-0.4, -0.2) is 28.3 Å². The molecule has 0 aromatic carbocycles. The van der Waals surface area contributed by atoms with Crippen LogP contribution in [0.15, 0.2) is 24.5 Å².